The van der Waals surface area contributed by atoms with Crippen LogP contribution in [0, 0.1) is 11.8 Å². The molecule has 106 valence electrons. The Labute approximate surface area is 123 Å². The Kier molecular flexibility index (Phi) is 5.60. The number of carbonyl (C=O) groups excluding carboxylic acids is 2. The predicted molar refractivity (Wildman–Crippen MR) is 78.0 cm³/mol. The molecule has 0 aliphatic carbocycles. The fourth-order valence-electron chi connectivity index (χ4n) is 1.29. The Morgan fingerprint density at radius 2 is 2.15 bits per heavy atom. The third kappa shape index (κ3) is 5.77. The van der Waals surface area contributed by atoms with Crippen molar-refractivity contribution < 1.29 is 14.3 Å². The standard InChI is InChI=1S/C15H16ClNO3/c1-15(2,3)20-14(19)17-8-4-5-11-6-7-13(16)12(9-11)10-18/h6-7,9-10H,8H2,1-3H3,(H,17,19). The summed E-state index contributed by atoms with van der Waals surface area (Å²) in [5.41, 5.74) is 0.507. The lowest BCUT2D eigenvalue weighted by Crippen LogP contribution is -2.32. The van der Waals surface area contributed by atoms with Gasteiger partial charge in [-0.1, -0.05) is 23.4 Å². The molecule has 0 spiro atoms. The minimum absolute atomic E-state index is 0.161. The summed E-state index contributed by atoms with van der Waals surface area (Å²) >= 11 is 5.81. The molecular formula is C15H16ClNO3. The van der Waals surface area contributed by atoms with Gasteiger partial charge in [-0.15, -0.1) is 0 Å². The number of halogens is 1. The quantitative estimate of drug-likeness (QED) is 0.673. The van der Waals surface area contributed by atoms with Gasteiger partial charge in [0.2, 0.25) is 0 Å². The van der Waals surface area contributed by atoms with E-state index in [-0.39, 0.29) is 6.54 Å². The Morgan fingerprint density at radius 1 is 1.45 bits per heavy atom. The lowest BCUT2D eigenvalue weighted by molar-refractivity contribution is 0.0535. The first-order valence-corrected chi connectivity index (χ1v) is 6.40. The zero-order chi connectivity index (χ0) is 15.2. The topological polar surface area (TPSA) is 55.4 Å². The highest BCUT2D eigenvalue weighted by molar-refractivity contribution is 6.32. The van der Waals surface area contributed by atoms with Crippen molar-refractivity contribution in [2.75, 3.05) is 6.54 Å². The highest BCUT2D eigenvalue weighted by atomic mass is 35.5. The smallest absolute Gasteiger partial charge is 0.408 e. The van der Waals surface area contributed by atoms with Gasteiger partial charge >= 0.3 is 6.09 Å². The van der Waals surface area contributed by atoms with Crippen molar-refractivity contribution in [3.63, 3.8) is 0 Å². The van der Waals surface area contributed by atoms with E-state index in [1.165, 1.54) is 0 Å². The van der Waals surface area contributed by atoms with E-state index in [2.05, 4.69) is 17.2 Å². The Hall–Kier alpha value is -1.99. The molecule has 1 aromatic carbocycles. The van der Waals surface area contributed by atoms with Crippen LogP contribution >= 0.6 is 11.6 Å². The summed E-state index contributed by atoms with van der Waals surface area (Å²) in [4.78, 5) is 22.1. The summed E-state index contributed by atoms with van der Waals surface area (Å²) < 4.78 is 5.06. The first kappa shape index (κ1) is 16.1. The molecule has 20 heavy (non-hydrogen) atoms. The van der Waals surface area contributed by atoms with Crippen LogP contribution < -0.4 is 5.32 Å². The first-order chi connectivity index (χ1) is 9.31. The number of rotatable bonds is 2. The number of amides is 1. The summed E-state index contributed by atoms with van der Waals surface area (Å²) in [5.74, 6) is 5.60. The Bertz CT molecular complexity index is 565. The summed E-state index contributed by atoms with van der Waals surface area (Å²) in [6.07, 6.45) is 0.156. The van der Waals surface area contributed by atoms with E-state index in [0.29, 0.717) is 22.4 Å². The number of hydrogen-bond acceptors (Lipinski definition) is 3. The molecule has 0 aliphatic heterocycles. The number of aldehydes is 1. The minimum Gasteiger partial charge on any atom is -0.444 e. The molecular weight excluding hydrogens is 278 g/mol. The van der Waals surface area contributed by atoms with E-state index in [1.807, 2.05) is 0 Å². The van der Waals surface area contributed by atoms with Crippen LogP contribution in [-0.4, -0.2) is 24.5 Å². The zero-order valence-electron chi connectivity index (χ0n) is 11.6. The summed E-state index contributed by atoms with van der Waals surface area (Å²) in [6.45, 7) is 5.51. The van der Waals surface area contributed by atoms with Crippen LogP contribution in [0.4, 0.5) is 4.79 Å². The number of benzene rings is 1. The van der Waals surface area contributed by atoms with E-state index < -0.39 is 11.7 Å². The second kappa shape index (κ2) is 6.97. The maximum absolute atomic E-state index is 11.4. The molecule has 0 atom stereocenters. The fourth-order valence-corrected chi connectivity index (χ4v) is 1.45. The Morgan fingerprint density at radius 3 is 2.75 bits per heavy atom. The molecule has 1 rings (SSSR count). The molecule has 0 unspecified atom stereocenters. The largest absolute Gasteiger partial charge is 0.444 e. The molecule has 1 aromatic rings. The van der Waals surface area contributed by atoms with Crippen molar-refractivity contribution in [2.24, 2.45) is 0 Å². The second-order valence-corrected chi connectivity index (χ2v) is 5.42. The van der Waals surface area contributed by atoms with Gasteiger partial charge in [-0.25, -0.2) is 4.79 Å². The number of ether oxygens (including phenoxy) is 1. The van der Waals surface area contributed by atoms with Crippen molar-refractivity contribution in [3.05, 3.63) is 34.3 Å². The maximum Gasteiger partial charge on any atom is 0.408 e. The summed E-state index contributed by atoms with van der Waals surface area (Å²) in [6, 6.07) is 4.90. The molecule has 0 fully saturated rings. The normalized spacial score (nSPS) is 10.2. The van der Waals surface area contributed by atoms with Gasteiger partial charge in [-0.3, -0.25) is 4.79 Å². The third-order valence-corrected chi connectivity index (χ3v) is 2.42. The number of alkyl carbamates (subject to hydrolysis) is 1. The van der Waals surface area contributed by atoms with Gasteiger partial charge in [0.05, 0.1) is 11.6 Å². The minimum atomic E-state index is -0.535. The molecule has 1 N–H and O–H groups in total. The van der Waals surface area contributed by atoms with Crippen LogP contribution in [0.2, 0.25) is 5.02 Å². The van der Waals surface area contributed by atoms with Crippen LogP contribution in [0.25, 0.3) is 0 Å². The Balaban J connectivity index is 2.55. The molecule has 4 nitrogen and oxygen atoms in total. The van der Waals surface area contributed by atoms with Gasteiger partial charge in [-0.2, -0.15) is 0 Å². The molecule has 0 aliphatic rings. The average molecular weight is 294 g/mol. The number of hydrogen-bond donors (Lipinski definition) is 1. The highest BCUT2D eigenvalue weighted by Gasteiger charge is 2.14. The molecule has 0 saturated carbocycles. The molecule has 0 aromatic heterocycles. The molecule has 5 heteroatoms. The average Bonchev–Trinajstić information content (AvgIpc) is 2.34. The van der Waals surface area contributed by atoms with Crippen LogP contribution in [0.3, 0.4) is 0 Å². The lowest BCUT2D eigenvalue weighted by atomic mass is 10.1. The second-order valence-electron chi connectivity index (χ2n) is 5.01. The van der Waals surface area contributed by atoms with Crippen molar-refractivity contribution in [1.82, 2.24) is 5.32 Å². The van der Waals surface area contributed by atoms with Crippen LogP contribution in [0.5, 0.6) is 0 Å². The zero-order valence-corrected chi connectivity index (χ0v) is 12.4. The van der Waals surface area contributed by atoms with Gasteiger partial charge in [-0.05, 0) is 39.0 Å². The number of nitrogens with one attached hydrogen (secondary N) is 1. The van der Waals surface area contributed by atoms with E-state index in [4.69, 9.17) is 16.3 Å². The van der Waals surface area contributed by atoms with Crippen molar-refractivity contribution in [2.45, 2.75) is 26.4 Å². The first-order valence-electron chi connectivity index (χ1n) is 6.02. The van der Waals surface area contributed by atoms with E-state index >= 15 is 0 Å². The summed E-state index contributed by atoms with van der Waals surface area (Å²) in [7, 11) is 0. The molecule has 0 heterocycles. The monoisotopic (exact) mass is 293 g/mol. The van der Waals surface area contributed by atoms with Crippen LogP contribution in [0.15, 0.2) is 18.2 Å². The van der Waals surface area contributed by atoms with Gasteiger partial charge in [0, 0.05) is 11.1 Å². The van der Waals surface area contributed by atoms with Gasteiger partial charge in [0.1, 0.15) is 5.60 Å². The van der Waals surface area contributed by atoms with Crippen molar-refractivity contribution in [1.29, 1.82) is 0 Å². The van der Waals surface area contributed by atoms with Crippen LogP contribution in [0.1, 0.15) is 36.7 Å². The number of carbonyl (C=O) groups is 2. The molecule has 0 saturated heterocycles. The van der Waals surface area contributed by atoms with E-state index in [1.54, 1.807) is 39.0 Å². The maximum atomic E-state index is 11.4. The van der Waals surface area contributed by atoms with E-state index in [0.717, 1.165) is 0 Å². The predicted octanol–water partition coefficient (Wildman–Crippen LogP) is 3.03. The summed E-state index contributed by atoms with van der Waals surface area (Å²) in [5, 5.41) is 2.91. The molecule has 0 radical (unpaired) electrons. The molecule has 1 amide bonds. The van der Waals surface area contributed by atoms with E-state index in [9.17, 15) is 9.59 Å². The third-order valence-electron chi connectivity index (χ3n) is 2.08. The SMILES string of the molecule is CC(C)(C)OC(=O)NCC#Cc1ccc(Cl)c(C=O)c1. The van der Waals surface area contributed by atoms with Gasteiger partial charge in [0.15, 0.2) is 6.29 Å². The van der Waals surface area contributed by atoms with Crippen molar-refractivity contribution in [3.8, 4) is 11.8 Å². The van der Waals surface area contributed by atoms with Crippen molar-refractivity contribution >= 4 is 24.0 Å². The van der Waals surface area contributed by atoms with Crippen LogP contribution in [-0.2, 0) is 4.74 Å². The lowest BCUT2D eigenvalue weighted by Gasteiger charge is -2.18. The highest BCUT2D eigenvalue weighted by Crippen LogP contribution is 2.14. The van der Waals surface area contributed by atoms with Gasteiger partial charge < -0.3 is 10.1 Å². The molecule has 0 bridgehead atoms. The van der Waals surface area contributed by atoms with Gasteiger partial charge in [0.25, 0.3) is 0 Å². The fraction of sp³-hybridized carbons (Fsp3) is 0.333.